The summed E-state index contributed by atoms with van der Waals surface area (Å²) in [6.07, 6.45) is 0.994. The van der Waals surface area contributed by atoms with E-state index in [9.17, 15) is 18.3 Å². The Kier molecular flexibility index (Phi) is 5.22. The van der Waals surface area contributed by atoms with E-state index in [-0.39, 0.29) is 16.3 Å². The molecule has 7 nitrogen and oxygen atoms in total. The molecule has 160 valence electrons. The maximum Gasteiger partial charge on any atom is 0.292 e. The van der Waals surface area contributed by atoms with Gasteiger partial charge in [0.15, 0.2) is 0 Å². The number of carbonyl (C=O) groups excluding carboxylic acids is 1. The van der Waals surface area contributed by atoms with Crippen LogP contribution in [0.15, 0.2) is 58.3 Å². The average molecular weight is 432 g/mol. The van der Waals surface area contributed by atoms with Crippen molar-refractivity contribution in [3.05, 3.63) is 54.1 Å². The lowest BCUT2D eigenvalue weighted by atomic mass is 10.1. The molecule has 2 aliphatic rings. The van der Waals surface area contributed by atoms with Crippen LogP contribution in [0.1, 0.15) is 32.3 Å². The maximum atomic E-state index is 13.3. The van der Waals surface area contributed by atoms with Gasteiger partial charge in [0.2, 0.25) is 9.84 Å². The van der Waals surface area contributed by atoms with Gasteiger partial charge in [0.25, 0.3) is 11.7 Å². The van der Waals surface area contributed by atoms with Crippen molar-refractivity contribution in [2.24, 2.45) is 0 Å². The highest BCUT2D eigenvalue weighted by Gasteiger charge is 2.55. The highest BCUT2D eigenvalue weighted by Crippen LogP contribution is 2.46. The Labute approximate surface area is 176 Å². The summed E-state index contributed by atoms with van der Waals surface area (Å²) in [4.78, 5) is 15.1. The second-order valence-electron chi connectivity index (χ2n) is 8.18. The highest BCUT2D eigenvalue weighted by atomic mass is 32.2. The van der Waals surface area contributed by atoms with E-state index < -0.39 is 27.1 Å². The maximum absolute atomic E-state index is 13.3. The first-order valence-electron chi connectivity index (χ1n) is 9.92. The molecule has 1 saturated heterocycles. The van der Waals surface area contributed by atoms with Crippen LogP contribution in [-0.2, 0) is 29.9 Å². The summed E-state index contributed by atoms with van der Waals surface area (Å²) in [5.41, 5.74) is -0.0285. The molecule has 0 radical (unpaired) electrons. The minimum atomic E-state index is -3.77. The van der Waals surface area contributed by atoms with Crippen LogP contribution >= 0.6 is 0 Å². The van der Waals surface area contributed by atoms with Gasteiger partial charge < -0.3 is 19.5 Å². The number of amides is 1. The number of ether oxygens (including phenoxy) is 2. The molecule has 2 aliphatic heterocycles. The molecule has 0 unspecified atom stereocenters. The van der Waals surface area contributed by atoms with Crippen LogP contribution in [0, 0.1) is 0 Å². The zero-order valence-electron chi connectivity index (χ0n) is 17.0. The van der Waals surface area contributed by atoms with Gasteiger partial charge in [-0.3, -0.25) is 4.79 Å². The van der Waals surface area contributed by atoms with Crippen molar-refractivity contribution in [3.8, 4) is 0 Å². The normalized spacial score (nSPS) is 18.6. The molecule has 4 rings (SSSR count). The van der Waals surface area contributed by atoms with Gasteiger partial charge in [0.05, 0.1) is 34.3 Å². The Morgan fingerprint density at radius 3 is 2.37 bits per heavy atom. The zero-order valence-corrected chi connectivity index (χ0v) is 17.8. The summed E-state index contributed by atoms with van der Waals surface area (Å²) in [7, 11) is -3.77. The van der Waals surface area contributed by atoms with Gasteiger partial charge in [-0.05, 0) is 57.0 Å². The molecular weight excluding hydrogens is 406 g/mol. The number of hydrogen-bond acceptors (Lipinski definition) is 6. The monoisotopic (exact) mass is 431 g/mol. The summed E-state index contributed by atoms with van der Waals surface area (Å²) < 4.78 is 37.9. The van der Waals surface area contributed by atoms with Gasteiger partial charge in [-0.2, -0.15) is 0 Å². The fourth-order valence-corrected chi connectivity index (χ4v) is 5.05. The van der Waals surface area contributed by atoms with E-state index >= 15 is 0 Å². The molecule has 1 fully saturated rings. The molecule has 2 heterocycles. The molecule has 2 aromatic rings. The molecule has 2 aromatic carbocycles. The number of hydrogen-bond donors (Lipinski definition) is 1. The molecule has 1 N–H and O–H groups in total. The van der Waals surface area contributed by atoms with Crippen LogP contribution in [0.2, 0.25) is 0 Å². The fourth-order valence-electron chi connectivity index (χ4n) is 3.74. The van der Waals surface area contributed by atoms with Crippen LogP contribution in [0.4, 0.5) is 5.69 Å². The summed E-state index contributed by atoms with van der Waals surface area (Å²) >= 11 is 0. The van der Waals surface area contributed by atoms with E-state index in [0.29, 0.717) is 37.3 Å². The number of sulfone groups is 1. The van der Waals surface area contributed by atoms with Crippen molar-refractivity contribution in [2.45, 2.75) is 47.9 Å². The first-order valence-corrected chi connectivity index (χ1v) is 11.4. The van der Waals surface area contributed by atoms with Gasteiger partial charge in [-0.25, -0.2) is 8.42 Å². The summed E-state index contributed by atoms with van der Waals surface area (Å²) in [5, 5.41) is 10.1. The zero-order chi connectivity index (χ0) is 21.6. The fraction of sp³-hybridized carbons (Fsp3) is 0.409. The van der Waals surface area contributed by atoms with Gasteiger partial charge in [0.1, 0.15) is 0 Å². The predicted octanol–water partition coefficient (Wildman–Crippen LogP) is 2.62. The molecule has 0 bridgehead atoms. The van der Waals surface area contributed by atoms with Crippen molar-refractivity contribution >= 4 is 21.4 Å². The molecule has 30 heavy (non-hydrogen) atoms. The number of carbonyl (C=O) groups is 1. The molecule has 0 atom stereocenters. The first-order chi connectivity index (χ1) is 14.2. The first kappa shape index (κ1) is 21.0. The molecule has 8 heteroatoms. The second-order valence-corrected chi connectivity index (χ2v) is 10.1. The minimum Gasteiger partial charge on any atom is -0.390 e. The predicted molar refractivity (Wildman–Crippen MR) is 110 cm³/mol. The summed E-state index contributed by atoms with van der Waals surface area (Å²) in [6, 6.07) is 12.7. The van der Waals surface area contributed by atoms with Gasteiger partial charge in [-0.1, -0.05) is 18.2 Å². The Morgan fingerprint density at radius 2 is 1.73 bits per heavy atom. The topological polar surface area (TPSA) is 93.1 Å². The van der Waals surface area contributed by atoms with E-state index in [1.807, 2.05) is 0 Å². The molecule has 1 spiro atoms. The largest absolute Gasteiger partial charge is 0.390 e. The Balaban J connectivity index is 1.80. The van der Waals surface area contributed by atoms with Crippen LogP contribution in [0.3, 0.4) is 0 Å². The number of rotatable bonds is 5. The number of benzene rings is 2. The Hall–Kier alpha value is -2.26. The SMILES string of the molecule is CC(C)(O)CCN1C(=O)C2(OCCCO2)c2cc(S(=O)(=O)c3ccccc3)ccc21. The number of fused-ring (bicyclic) bond motifs is 2. The van der Waals surface area contributed by atoms with E-state index in [1.165, 1.54) is 29.2 Å². The van der Waals surface area contributed by atoms with Gasteiger partial charge >= 0.3 is 0 Å². The average Bonchev–Trinajstić information content (AvgIpc) is 2.94. The third kappa shape index (κ3) is 3.54. The lowest BCUT2D eigenvalue weighted by Gasteiger charge is -2.33. The van der Waals surface area contributed by atoms with Crippen LogP contribution in [0.5, 0.6) is 0 Å². The van der Waals surface area contributed by atoms with Gasteiger partial charge in [-0.15, -0.1) is 0 Å². The van der Waals surface area contributed by atoms with Crippen LogP contribution < -0.4 is 4.90 Å². The lowest BCUT2D eigenvalue weighted by molar-refractivity contribution is -0.256. The quantitative estimate of drug-likeness (QED) is 0.782. The molecule has 0 aliphatic carbocycles. The van der Waals surface area contributed by atoms with Crippen LogP contribution in [-0.4, -0.2) is 44.8 Å². The van der Waals surface area contributed by atoms with E-state index in [1.54, 1.807) is 38.1 Å². The third-order valence-corrected chi connectivity index (χ3v) is 7.12. The standard InChI is InChI=1S/C22H25NO6S/c1-21(2,25)11-12-23-19-10-9-17(30(26,27)16-7-4-3-5-8-16)15-18(19)22(20(23)24)28-13-6-14-29-22/h3-5,7-10,15,25H,6,11-14H2,1-2H3. The third-order valence-electron chi connectivity index (χ3n) is 5.35. The summed E-state index contributed by atoms with van der Waals surface area (Å²) in [6.45, 7) is 4.27. The van der Waals surface area contributed by atoms with Crippen molar-refractivity contribution in [1.82, 2.24) is 0 Å². The smallest absolute Gasteiger partial charge is 0.292 e. The van der Waals surface area contributed by atoms with Crippen molar-refractivity contribution in [3.63, 3.8) is 0 Å². The van der Waals surface area contributed by atoms with Crippen molar-refractivity contribution in [2.75, 3.05) is 24.7 Å². The van der Waals surface area contributed by atoms with Crippen LogP contribution in [0.25, 0.3) is 0 Å². The number of nitrogens with zero attached hydrogens (tertiary/aromatic N) is 1. The van der Waals surface area contributed by atoms with E-state index in [0.717, 1.165) is 0 Å². The van der Waals surface area contributed by atoms with Crippen molar-refractivity contribution in [1.29, 1.82) is 0 Å². The molecule has 0 aromatic heterocycles. The second kappa shape index (κ2) is 7.46. The van der Waals surface area contributed by atoms with Gasteiger partial charge in [0, 0.05) is 12.1 Å². The van der Waals surface area contributed by atoms with E-state index in [2.05, 4.69) is 0 Å². The Bertz CT molecular complexity index is 1050. The van der Waals surface area contributed by atoms with Crippen molar-refractivity contribution < 1.29 is 27.8 Å². The number of aliphatic hydroxyl groups is 1. The highest BCUT2D eigenvalue weighted by molar-refractivity contribution is 7.91. The summed E-state index contributed by atoms with van der Waals surface area (Å²) in [5.74, 6) is -2.04. The Morgan fingerprint density at radius 1 is 1.07 bits per heavy atom. The molecule has 1 amide bonds. The minimum absolute atomic E-state index is 0.0711. The van der Waals surface area contributed by atoms with E-state index in [4.69, 9.17) is 9.47 Å². The lowest BCUT2D eigenvalue weighted by Crippen LogP contribution is -2.48. The number of anilines is 1. The molecule has 0 saturated carbocycles. The molecular formula is C22H25NO6S.